The Morgan fingerprint density at radius 2 is 1.80 bits per heavy atom. The van der Waals surface area contributed by atoms with E-state index in [9.17, 15) is 0 Å². The third-order valence-corrected chi connectivity index (χ3v) is 4.80. The fourth-order valence-corrected chi connectivity index (χ4v) is 2.69. The normalized spacial score (nSPS) is 10.9. The first-order valence-electron chi connectivity index (χ1n) is 6.70. The van der Waals surface area contributed by atoms with Crippen LogP contribution in [0.15, 0.2) is 47.1 Å². The standard InChI is InChI=1S/C17H17BrN2/c1-11-7-15(8-12(2)17(11)18)20-10-13-3-4-16-14(9-13)5-6-19-16/h3-9,19-20H,10H2,1-2H3. The maximum absolute atomic E-state index is 3.60. The van der Waals surface area contributed by atoms with E-state index >= 15 is 0 Å². The minimum absolute atomic E-state index is 0.835. The van der Waals surface area contributed by atoms with Crippen molar-refractivity contribution in [2.75, 3.05) is 5.32 Å². The van der Waals surface area contributed by atoms with Gasteiger partial charge in [-0.1, -0.05) is 22.0 Å². The average molecular weight is 329 g/mol. The van der Waals surface area contributed by atoms with Gasteiger partial charge in [-0.15, -0.1) is 0 Å². The van der Waals surface area contributed by atoms with Gasteiger partial charge in [0.15, 0.2) is 0 Å². The number of rotatable bonds is 3. The number of nitrogens with one attached hydrogen (secondary N) is 2. The first kappa shape index (κ1) is 13.3. The highest BCUT2D eigenvalue weighted by Gasteiger charge is 2.03. The molecule has 0 aliphatic heterocycles. The van der Waals surface area contributed by atoms with Crippen LogP contribution in [0.5, 0.6) is 0 Å². The lowest BCUT2D eigenvalue weighted by Crippen LogP contribution is -2.00. The zero-order valence-corrected chi connectivity index (χ0v) is 13.2. The monoisotopic (exact) mass is 328 g/mol. The molecule has 0 fully saturated rings. The summed E-state index contributed by atoms with van der Waals surface area (Å²) in [4.78, 5) is 3.22. The number of hydrogen-bond donors (Lipinski definition) is 2. The third-order valence-electron chi connectivity index (χ3n) is 3.55. The van der Waals surface area contributed by atoms with Crippen molar-refractivity contribution in [3.05, 3.63) is 63.8 Å². The van der Waals surface area contributed by atoms with Crippen molar-refractivity contribution in [1.29, 1.82) is 0 Å². The summed E-state index contributed by atoms with van der Waals surface area (Å²) in [5, 5.41) is 4.75. The van der Waals surface area contributed by atoms with Crippen LogP contribution in [0.25, 0.3) is 10.9 Å². The van der Waals surface area contributed by atoms with Crippen LogP contribution in [0, 0.1) is 13.8 Å². The number of fused-ring (bicyclic) bond motifs is 1. The van der Waals surface area contributed by atoms with E-state index in [1.54, 1.807) is 0 Å². The second-order valence-electron chi connectivity index (χ2n) is 5.18. The summed E-state index contributed by atoms with van der Waals surface area (Å²) in [6, 6.07) is 13.0. The van der Waals surface area contributed by atoms with Crippen molar-refractivity contribution in [1.82, 2.24) is 4.98 Å². The van der Waals surface area contributed by atoms with Gasteiger partial charge < -0.3 is 10.3 Å². The van der Waals surface area contributed by atoms with Gasteiger partial charge in [-0.2, -0.15) is 0 Å². The molecule has 3 heteroatoms. The smallest absolute Gasteiger partial charge is 0.0454 e. The van der Waals surface area contributed by atoms with Crippen LogP contribution in [0.4, 0.5) is 5.69 Å². The summed E-state index contributed by atoms with van der Waals surface area (Å²) < 4.78 is 1.19. The van der Waals surface area contributed by atoms with E-state index < -0.39 is 0 Å². The molecule has 0 atom stereocenters. The number of H-pyrrole nitrogens is 1. The van der Waals surface area contributed by atoms with Crippen molar-refractivity contribution in [2.45, 2.75) is 20.4 Å². The summed E-state index contributed by atoms with van der Waals surface area (Å²) in [5.74, 6) is 0. The van der Waals surface area contributed by atoms with Gasteiger partial charge in [-0.3, -0.25) is 0 Å². The van der Waals surface area contributed by atoms with E-state index in [1.807, 2.05) is 6.20 Å². The molecule has 1 heterocycles. The number of aryl methyl sites for hydroxylation is 2. The highest BCUT2D eigenvalue weighted by Crippen LogP contribution is 2.25. The average Bonchev–Trinajstić information content (AvgIpc) is 2.89. The molecule has 0 aliphatic carbocycles. The molecule has 0 spiro atoms. The van der Waals surface area contributed by atoms with Crippen molar-refractivity contribution in [3.63, 3.8) is 0 Å². The van der Waals surface area contributed by atoms with Crippen LogP contribution in [0.1, 0.15) is 16.7 Å². The van der Waals surface area contributed by atoms with E-state index in [1.165, 1.54) is 32.1 Å². The van der Waals surface area contributed by atoms with Crippen LogP contribution in [-0.4, -0.2) is 4.98 Å². The third kappa shape index (κ3) is 2.59. The molecule has 20 heavy (non-hydrogen) atoms. The highest BCUT2D eigenvalue weighted by molar-refractivity contribution is 9.10. The van der Waals surface area contributed by atoms with Crippen LogP contribution in [0.3, 0.4) is 0 Å². The Bertz CT molecular complexity index is 736. The second-order valence-corrected chi connectivity index (χ2v) is 5.97. The molecule has 2 nitrogen and oxygen atoms in total. The van der Waals surface area contributed by atoms with Gasteiger partial charge in [0.2, 0.25) is 0 Å². The molecule has 0 amide bonds. The van der Waals surface area contributed by atoms with E-state index in [4.69, 9.17) is 0 Å². The predicted molar refractivity (Wildman–Crippen MR) is 89.2 cm³/mol. The number of aromatic amines is 1. The molecule has 0 bridgehead atoms. The Morgan fingerprint density at radius 1 is 1.05 bits per heavy atom. The molecular weight excluding hydrogens is 312 g/mol. The fourth-order valence-electron chi connectivity index (χ4n) is 2.46. The largest absolute Gasteiger partial charge is 0.381 e. The van der Waals surface area contributed by atoms with Crippen molar-refractivity contribution >= 4 is 32.5 Å². The molecule has 3 aromatic rings. The van der Waals surface area contributed by atoms with Crippen LogP contribution < -0.4 is 5.32 Å². The Kier molecular flexibility index (Phi) is 3.53. The quantitative estimate of drug-likeness (QED) is 0.682. The summed E-state index contributed by atoms with van der Waals surface area (Å²) in [5.41, 5.74) is 6.15. The van der Waals surface area contributed by atoms with Crippen LogP contribution in [0.2, 0.25) is 0 Å². The molecule has 2 aromatic carbocycles. The molecule has 0 radical (unpaired) electrons. The van der Waals surface area contributed by atoms with Gasteiger partial charge in [0, 0.05) is 28.4 Å². The molecule has 2 N–H and O–H groups in total. The van der Waals surface area contributed by atoms with Gasteiger partial charge in [0.25, 0.3) is 0 Å². The van der Waals surface area contributed by atoms with Gasteiger partial charge in [0.1, 0.15) is 0 Å². The van der Waals surface area contributed by atoms with Crippen molar-refractivity contribution < 1.29 is 0 Å². The number of halogens is 1. The molecular formula is C17H17BrN2. The van der Waals surface area contributed by atoms with E-state index in [0.29, 0.717) is 0 Å². The summed E-state index contributed by atoms with van der Waals surface area (Å²) >= 11 is 3.60. The number of hydrogen-bond acceptors (Lipinski definition) is 1. The lowest BCUT2D eigenvalue weighted by atomic mass is 10.1. The van der Waals surface area contributed by atoms with Crippen LogP contribution in [-0.2, 0) is 6.54 Å². The Hall–Kier alpha value is -1.74. The minimum atomic E-state index is 0.835. The van der Waals surface area contributed by atoms with E-state index in [2.05, 4.69) is 76.5 Å². The van der Waals surface area contributed by atoms with Gasteiger partial charge in [-0.25, -0.2) is 0 Å². The lowest BCUT2D eigenvalue weighted by molar-refractivity contribution is 1.15. The lowest BCUT2D eigenvalue weighted by Gasteiger charge is -2.11. The zero-order valence-electron chi connectivity index (χ0n) is 11.6. The molecule has 102 valence electrons. The molecule has 0 unspecified atom stereocenters. The number of anilines is 1. The molecule has 0 aliphatic rings. The summed E-state index contributed by atoms with van der Waals surface area (Å²) in [7, 11) is 0. The zero-order chi connectivity index (χ0) is 14.1. The highest BCUT2D eigenvalue weighted by atomic mass is 79.9. The van der Waals surface area contributed by atoms with Crippen molar-refractivity contribution in [3.8, 4) is 0 Å². The number of benzene rings is 2. The fraction of sp³-hybridized carbons (Fsp3) is 0.176. The van der Waals surface area contributed by atoms with Gasteiger partial charge >= 0.3 is 0 Å². The van der Waals surface area contributed by atoms with Gasteiger partial charge in [-0.05, 0) is 66.3 Å². The van der Waals surface area contributed by atoms with Crippen LogP contribution >= 0.6 is 15.9 Å². The molecule has 0 saturated heterocycles. The Balaban J connectivity index is 1.78. The minimum Gasteiger partial charge on any atom is -0.381 e. The Morgan fingerprint density at radius 3 is 2.55 bits per heavy atom. The summed E-state index contributed by atoms with van der Waals surface area (Å²) in [6.07, 6.45) is 1.98. The van der Waals surface area contributed by atoms with Gasteiger partial charge in [0.05, 0.1) is 0 Å². The topological polar surface area (TPSA) is 27.8 Å². The summed E-state index contributed by atoms with van der Waals surface area (Å²) in [6.45, 7) is 5.07. The number of aromatic nitrogens is 1. The Labute approximate surface area is 127 Å². The second kappa shape index (κ2) is 5.33. The molecule has 1 aromatic heterocycles. The molecule has 0 saturated carbocycles. The molecule has 3 rings (SSSR count). The maximum Gasteiger partial charge on any atom is 0.0454 e. The predicted octanol–water partition coefficient (Wildman–Crippen LogP) is 5.16. The SMILES string of the molecule is Cc1cc(NCc2ccc3[nH]ccc3c2)cc(C)c1Br. The van der Waals surface area contributed by atoms with Crippen molar-refractivity contribution in [2.24, 2.45) is 0 Å². The van der Waals surface area contributed by atoms with E-state index in [-0.39, 0.29) is 0 Å². The van der Waals surface area contributed by atoms with E-state index in [0.717, 1.165) is 12.2 Å². The maximum atomic E-state index is 3.60. The first-order chi connectivity index (χ1) is 9.63. The first-order valence-corrected chi connectivity index (χ1v) is 7.49.